The van der Waals surface area contributed by atoms with Crippen LogP contribution in [0.15, 0.2) is 61.3 Å². The second-order valence-corrected chi connectivity index (χ2v) is 9.38. The summed E-state index contributed by atoms with van der Waals surface area (Å²) in [5.74, 6) is -0.203. The summed E-state index contributed by atoms with van der Waals surface area (Å²) < 4.78 is 3.58. The van der Waals surface area contributed by atoms with Gasteiger partial charge in [0.05, 0.1) is 34.3 Å². The molecule has 0 aliphatic carbocycles. The molecule has 5 rings (SSSR count). The summed E-state index contributed by atoms with van der Waals surface area (Å²) in [6, 6.07) is 13.8. The highest BCUT2D eigenvalue weighted by Crippen LogP contribution is 2.31. The highest BCUT2D eigenvalue weighted by Gasteiger charge is 2.20. The number of benzene rings is 1. The van der Waals surface area contributed by atoms with Gasteiger partial charge < -0.3 is 5.32 Å². The van der Waals surface area contributed by atoms with Crippen LogP contribution in [-0.2, 0) is 6.54 Å². The van der Waals surface area contributed by atoms with Crippen molar-refractivity contribution < 1.29 is 4.79 Å². The highest BCUT2D eigenvalue weighted by atomic mass is 32.1. The molecule has 1 aromatic carbocycles. The number of pyridine rings is 1. The summed E-state index contributed by atoms with van der Waals surface area (Å²) in [7, 11) is 0. The Morgan fingerprint density at radius 1 is 1.15 bits per heavy atom. The molecule has 0 unspecified atom stereocenters. The summed E-state index contributed by atoms with van der Waals surface area (Å²) in [5.41, 5.74) is 3.68. The van der Waals surface area contributed by atoms with E-state index in [-0.39, 0.29) is 11.9 Å². The minimum Gasteiger partial charge on any atom is -0.322 e. The number of nitrogens with one attached hydrogen (secondary N) is 1. The van der Waals surface area contributed by atoms with Crippen LogP contribution in [0, 0.1) is 6.92 Å². The van der Waals surface area contributed by atoms with Crippen LogP contribution in [-0.4, -0.2) is 35.4 Å². The molecule has 9 heteroatoms. The quantitative estimate of drug-likeness (QED) is 0.390. The molecule has 4 aromatic heterocycles. The Morgan fingerprint density at radius 3 is 2.73 bits per heavy atom. The number of carbonyl (C=O) groups is 1. The zero-order valence-electron chi connectivity index (χ0n) is 18.6. The van der Waals surface area contributed by atoms with Crippen molar-refractivity contribution in [1.82, 2.24) is 29.5 Å². The van der Waals surface area contributed by atoms with E-state index in [1.54, 1.807) is 28.5 Å². The minimum absolute atomic E-state index is 0.120. The predicted molar refractivity (Wildman–Crippen MR) is 129 cm³/mol. The summed E-state index contributed by atoms with van der Waals surface area (Å²) in [4.78, 5) is 24.6. The maximum absolute atomic E-state index is 13.5. The van der Waals surface area contributed by atoms with Gasteiger partial charge in [0.25, 0.3) is 5.91 Å². The number of aryl methyl sites for hydroxylation is 1. The zero-order valence-corrected chi connectivity index (χ0v) is 19.4. The van der Waals surface area contributed by atoms with Gasteiger partial charge in [0, 0.05) is 16.6 Å². The molecule has 4 heterocycles. The first-order valence-electron chi connectivity index (χ1n) is 10.7. The first kappa shape index (κ1) is 21.0. The Hall–Kier alpha value is -3.85. The fourth-order valence-electron chi connectivity index (χ4n) is 3.74. The Bertz CT molecular complexity index is 1430. The number of hydrogen-bond acceptors (Lipinski definition) is 6. The molecule has 1 amide bonds. The Balaban J connectivity index is 1.56. The maximum Gasteiger partial charge on any atom is 0.256 e. The van der Waals surface area contributed by atoms with Gasteiger partial charge in [-0.2, -0.15) is 10.2 Å². The summed E-state index contributed by atoms with van der Waals surface area (Å²) in [6.07, 6.45) is 4.87. The van der Waals surface area contributed by atoms with E-state index in [1.165, 1.54) is 11.2 Å². The molecule has 8 nitrogen and oxygen atoms in total. The van der Waals surface area contributed by atoms with Crippen LogP contribution in [0.2, 0.25) is 0 Å². The first-order chi connectivity index (χ1) is 16.0. The smallest absolute Gasteiger partial charge is 0.256 e. The lowest BCUT2D eigenvalue weighted by molar-refractivity contribution is 0.102. The third-order valence-corrected chi connectivity index (χ3v) is 6.38. The molecule has 5 aromatic rings. The number of hydrogen-bond donors (Lipinski definition) is 1. The standard InChI is InChI=1S/C24H23N7OS/c1-15(2)31-23-19(11-26-31)18(10-21(28-23)22-9-8-16(3)33-22)24(32)29-20-7-5-4-6-17(20)12-30-14-25-13-27-30/h4-11,13-15H,12H2,1-3H3,(H,29,32). The van der Waals surface area contributed by atoms with Crippen molar-refractivity contribution in [2.45, 2.75) is 33.4 Å². The number of thiophene rings is 1. The molecular weight excluding hydrogens is 434 g/mol. The third-order valence-electron chi connectivity index (χ3n) is 5.36. The molecule has 33 heavy (non-hydrogen) atoms. The molecule has 0 spiro atoms. The van der Waals surface area contributed by atoms with Crippen LogP contribution in [0.4, 0.5) is 5.69 Å². The van der Waals surface area contributed by atoms with Gasteiger partial charge in [0.1, 0.15) is 12.7 Å². The summed E-state index contributed by atoms with van der Waals surface area (Å²) in [5, 5.41) is 12.5. The molecule has 1 N–H and O–H groups in total. The second-order valence-electron chi connectivity index (χ2n) is 8.09. The normalized spacial score (nSPS) is 11.4. The van der Waals surface area contributed by atoms with Crippen LogP contribution in [0.1, 0.15) is 40.7 Å². The molecule has 0 radical (unpaired) electrons. The van der Waals surface area contributed by atoms with Crippen LogP contribution in [0.25, 0.3) is 21.6 Å². The average molecular weight is 458 g/mol. The molecule has 0 aliphatic rings. The number of fused-ring (bicyclic) bond motifs is 1. The fourth-order valence-corrected chi connectivity index (χ4v) is 4.57. The molecule has 0 fully saturated rings. The summed E-state index contributed by atoms with van der Waals surface area (Å²) >= 11 is 1.66. The van der Waals surface area contributed by atoms with Gasteiger partial charge in [-0.05, 0) is 50.6 Å². The van der Waals surface area contributed by atoms with Crippen LogP contribution >= 0.6 is 11.3 Å². The number of aromatic nitrogens is 6. The number of nitrogens with zero attached hydrogens (tertiary/aromatic N) is 6. The largest absolute Gasteiger partial charge is 0.322 e. The van der Waals surface area contributed by atoms with E-state index in [2.05, 4.69) is 47.3 Å². The zero-order chi connectivity index (χ0) is 22.9. The van der Waals surface area contributed by atoms with E-state index in [0.717, 1.165) is 27.2 Å². The lowest BCUT2D eigenvalue weighted by atomic mass is 10.1. The molecule has 166 valence electrons. The topological polar surface area (TPSA) is 90.5 Å². The average Bonchev–Trinajstić information content (AvgIpc) is 3.55. The number of amides is 1. The van der Waals surface area contributed by atoms with Gasteiger partial charge >= 0.3 is 0 Å². The van der Waals surface area contributed by atoms with E-state index in [9.17, 15) is 4.79 Å². The van der Waals surface area contributed by atoms with Crippen molar-refractivity contribution in [2.75, 3.05) is 5.32 Å². The third kappa shape index (κ3) is 4.14. The maximum atomic E-state index is 13.5. The monoisotopic (exact) mass is 457 g/mol. The van der Waals surface area contributed by atoms with Gasteiger partial charge in [0.2, 0.25) is 0 Å². The van der Waals surface area contributed by atoms with E-state index in [1.807, 2.05) is 41.1 Å². The lowest BCUT2D eigenvalue weighted by Crippen LogP contribution is -2.15. The van der Waals surface area contributed by atoms with E-state index < -0.39 is 0 Å². The highest BCUT2D eigenvalue weighted by molar-refractivity contribution is 7.15. The van der Waals surface area contributed by atoms with Gasteiger partial charge in [-0.25, -0.2) is 19.3 Å². The second kappa shape index (κ2) is 8.59. The molecule has 0 saturated carbocycles. The SMILES string of the molecule is Cc1ccc(-c2cc(C(=O)Nc3ccccc3Cn3cncn3)c3cnn(C(C)C)c3n2)s1. The summed E-state index contributed by atoms with van der Waals surface area (Å²) in [6.45, 7) is 6.67. The minimum atomic E-state index is -0.203. The first-order valence-corrected chi connectivity index (χ1v) is 11.5. The van der Waals surface area contributed by atoms with E-state index in [4.69, 9.17) is 4.98 Å². The predicted octanol–water partition coefficient (Wildman–Crippen LogP) is 4.94. The molecule has 0 saturated heterocycles. The Morgan fingerprint density at radius 2 is 2.00 bits per heavy atom. The molecular formula is C24H23N7OS. The number of carbonyl (C=O) groups excluding carboxylic acids is 1. The van der Waals surface area contributed by atoms with E-state index >= 15 is 0 Å². The Kier molecular flexibility index (Phi) is 5.47. The molecule has 0 atom stereocenters. The van der Waals surface area contributed by atoms with E-state index in [0.29, 0.717) is 17.8 Å². The van der Waals surface area contributed by atoms with Crippen molar-refractivity contribution >= 4 is 34.0 Å². The number of rotatable bonds is 6. The van der Waals surface area contributed by atoms with Gasteiger partial charge in [0.15, 0.2) is 5.65 Å². The number of anilines is 1. The molecule has 0 aliphatic heterocycles. The lowest BCUT2D eigenvalue weighted by Gasteiger charge is -2.13. The fraction of sp³-hybridized carbons (Fsp3) is 0.208. The van der Waals surface area contributed by atoms with Crippen molar-refractivity contribution in [3.05, 3.63) is 77.3 Å². The van der Waals surface area contributed by atoms with Crippen LogP contribution in [0.5, 0.6) is 0 Å². The van der Waals surface area contributed by atoms with Gasteiger partial charge in [-0.3, -0.25) is 4.79 Å². The van der Waals surface area contributed by atoms with Gasteiger partial charge in [-0.15, -0.1) is 11.3 Å². The van der Waals surface area contributed by atoms with Crippen molar-refractivity contribution in [3.8, 4) is 10.6 Å². The number of para-hydroxylation sites is 1. The van der Waals surface area contributed by atoms with Crippen molar-refractivity contribution in [2.24, 2.45) is 0 Å². The van der Waals surface area contributed by atoms with Crippen LogP contribution in [0.3, 0.4) is 0 Å². The van der Waals surface area contributed by atoms with Crippen molar-refractivity contribution in [1.29, 1.82) is 0 Å². The van der Waals surface area contributed by atoms with Crippen molar-refractivity contribution in [3.63, 3.8) is 0 Å². The van der Waals surface area contributed by atoms with Crippen LogP contribution < -0.4 is 5.32 Å². The van der Waals surface area contributed by atoms with Gasteiger partial charge in [-0.1, -0.05) is 18.2 Å². The molecule has 0 bridgehead atoms. The Labute approximate surface area is 194 Å².